The molecule has 0 fully saturated rings. The maximum absolute atomic E-state index is 7.13. The lowest BCUT2D eigenvalue weighted by atomic mass is 9.82. The summed E-state index contributed by atoms with van der Waals surface area (Å²) in [4.78, 5) is 2.39. The molecular formula is C47H33NO. The standard InChI is InChI=1S/C47H33NO/c1-47(2)41-21-11-10-19-37(41)38-26-25-35(29-42(38)47)48(34-24-23-30-13-6-7-16-32(30)27-34)43-22-12-20-39-40-28-33-17-8-9-18-36(33)44(46(40)49-45(39)43)31-14-4-3-5-15-31/h3-29H,1-2H3. The van der Waals surface area contributed by atoms with E-state index in [1.165, 1.54) is 43.8 Å². The van der Waals surface area contributed by atoms with Crippen LogP contribution in [-0.4, -0.2) is 0 Å². The second-order valence-corrected chi connectivity index (χ2v) is 13.7. The lowest BCUT2D eigenvalue weighted by Gasteiger charge is -2.28. The molecule has 1 aliphatic rings. The fourth-order valence-corrected chi connectivity index (χ4v) is 8.22. The van der Waals surface area contributed by atoms with Crippen LogP contribution in [0.4, 0.5) is 17.1 Å². The molecule has 0 amide bonds. The van der Waals surface area contributed by atoms with Gasteiger partial charge in [0, 0.05) is 33.1 Å². The van der Waals surface area contributed by atoms with Crippen LogP contribution in [0.5, 0.6) is 0 Å². The van der Waals surface area contributed by atoms with Crippen LogP contribution in [0.1, 0.15) is 25.0 Å². The number of nitrogens with zero attached hydrogens (tertiary/aromatic N) is 1. The first kappa shape index (κ1) is 27.9. The first-order valence-corrected chi connectivity index (χ1v) is 17.0. The van der Waals surface area contributed by atoms with Crippen molar-refractivity contribution >= 4 is 60.5 Å². The first-order valence-electron chi connectivity index (χ1n) is 17.0. The zero-order valence-electron chi connectivity index (χ0n) is 27.4. The van der Waals surface area contributed by atoms with Gasteiger partial charge in [0.25, 0.3) is 0 Å². The van der Waals surface area contributed by atoms with E-state index >= 15 is 0 Å². The molecule has 9 aromatic rings. The smallest absolute Gasteiger partial charge is 0.159 e. The number of benzene rings is 8. The van der Waals surface area contributed by atoms with Gasteiger partial charge >= 0.3 is 0 Å². The first-order chi connectivity index (χ1) is 24.1. The van der Waals surface area contributed by atoms with E-state index in [0.717, 1.165) is 50.1 Å². The number of para-hydroxylation sites is 1. The molecule has 10 rings (SSSR count). The molecule has 8 aromatic carbocycles. The summed E-state index contributed by atoms with van der Waals surface area (Å²) >= 11 is 0. The summed E-state index contributed by atoms with van der Waals surface area (Å²) in [7, 11) is 0. The summed E-state index contributed by atoms with van der Waals surface area (Å²) in [6, 6.07) is 59.3. The van der Waals surface area contributed by atoms with E-state index in [1.807, 2.05) is 0 Å². The van der Waals surface area contributed by atoms with Crippen molar-refractivity contribution in [2.75, 3.05) is 4.90 Å². The van der Waals surface area contributed by atoms with Crippen molar-refractivity contribution in [3.63, 3.8) is 0 Å². The summed E-state index contributed by atoms with van der Waals surface area (Å²) in [5.74, 6) is 0. The highest BCUT2D eigenvalue weighted by Gasteiger charge is 2.36. The molecular weight excluding hydrogens is 595 g/mol. The van der Waals surface area contributed by atoms with Crippen molar-refractivity contribution in [3.05, 3.63) is 175 Å². The van der Waals surface area contributed by atoms with Gasteiger partial charge in [-0.25, -0.2) is 0 Å². The molecule has 0 radical (unpaired) electrons. The molecule has 0 saturated heterocycles. The number of furan rings is 1. The van der Waals surface area contributed by atoms with Crippen LogP contribution >= 0.6 is 0 Å². The fourth-order valence-electron chi connectivity index (χ4n) is 8.22. The van der Waals surface area contributed by atoms with E-state index in [-0.39, 0.29) is 5.41 Å². The maximum Gasteiger partial charge on any atom is 0.159 e. The molecule has 49 heavy (non-hydrogen) atoms. The predicted molar refractivity (Wildman–Crippen MR) is 206 cm³/mol. The summed E-state index contributed by atoms with van der Waals surface area (Å²) < 4.78 is 7.13. The van der Waals surface area contributed by atoms with Gasteiger partial charge in [-0.15, -0.1) is 0 Å². The van der Waals surface area contributed by atoms with Gasteiger partial charge in [-0.3, -0.25) is 0 Å². The van der Waals surface area contributed by atoms with E-state index in [0.29, 0.717) is 0 Å². The third kappa shape index (κ3) is 4.14. The monoisotopic (exact) mass is 627 g/mol. The van der Waals surface area contributed by atoms with E-state index in [4.69, 9.17) is 4.42 Å². The second-order valence-electron chi connectivity index (χ2n) is 13.7. The van der Waals surface area contributed by atoms with Crippen molar-refractivity contribution in [1.29, 1.82) is 0 Å². The summed E-state index contributed by atoms with van der Waals surface area (Å²) in [6.45, 7) is 4.69. The Morgan fingerprint density at radius 1 is 0.449 bits per heavy atom. The average molecular weight is 628 g/mol. The fraction of sp³-hybridized carbons (Fsp3) is 0.0638. The number of rotatable bonds is 4. The van der Waals surface area contributed by atoms with E-state index in [2.05, 4.69) is 183 Å². The van der Waals surface area contributed by atoms with Crippen molar-refractivity contribution < 1.29 is 4.42 Å². The Hall–Kier alpha value is -6.12. The van der Waals surface area contributed by atoms with Gasteiger partial charge in [0.15, 0.2) is 5.58 Å². The molecule has 0 spiro atoms. The minimum absolute atomic E-state index is 0.118. The summed E-state index contributed by atoms with van der Waals surface area (Å²) in [5.41, 5.74) is 12.5. The van der Waals surface area contributed by atoms with Gasteiger partial charge < -0.3 is 9.32 Å². The molecule has 0 atom stereocenters. The highest BCUT2D eigenvalue weighted by molar-refractivity contribution is 6.20. The SMILES string of the molecule is CC1(C)c2ccccc2-c2ccc(N(c3ccc4ccccc4c3)c3cccc4c3oc3c(-c5ccccc5)c5ccccc5cc34)cc21. The van der Waals surface area contributed by atoms with Crippen LogP contribution in [0.3, 0.4) is 0 Å². The van der Waals surface area contributed by atoms with Crippen LogP contribution in [0.2, 0.25) is 0 Å². The molecule has 0 unspecified atom stereocenters. The highest BCUT2D eigenvalue weighted by Crippen LogP contribution is 2.52. The van der Waals surface area contributed by atoms with E-state index < -0.39 is 0 Å². The molecule has 0 N–H and O–H groups in total. The lowest BCUT2D eigenvalue weighted by Crippen LogP contribution is -2.16. The molecule has 1 aliphatic carbocycles. The zero-order valence-corrected chi connectivity index (χ0v) is 27.4. The Morgan fingerprint density at radius 3 is 2.00 bits per heavy atom. The third-order valence-corrected chi connectivity index (χ3v) is 10.6. The second kappa shape index (κ2) is 10.4. The normalized spacial score (nSPS) is 13.3. The summed E-state index contributed by atoms with van der Waals surface area (Å²) in [6.07, 6.45) is 0. The molecule has 232 valence electrons. The Morgan fingerprint density at radius 2 is 1.12 bits per heavy atom. The van der Waals surface area contributed by atoms with E-state index in [1.54, 1.807) is 0 Å². The zero-order chi connectivity index (χ0) is 32.7. The van der Waals surface area contributed by atoms with Gasteiger partial charge in [0.05, 0.1) is 5.69 Å². The Balaban J connectivity index is 1.27. The average Bonchev–Trinajstić information content (AvgIpc) is 3.63. The van der Waals surface area contributed by atoms with Crippen molar-refractivity contribution in [1.82, 2.24) is 0 Å². The Labute approximate surface area is 285 Å². The largest absolute Gasteiger partial charge is 0.453 e. The van der Waals surface area contributed by atoms with Crippen molar-refractivity contribution in [2.24, 2.45) is 0 Å². The molecule has 2 heteroatoms. The molecule has 0 aliphatic heterocycles. The molecule has 0 saturated carbocycles. The van der Waals surface area contributed by atoms with E-state index in [9.17, 15) is 0 Å². The molecule has 2 nitrogen and oxygen atoms in total. The van der Waals surface area contributed by atoms with Crippen LogP contribution in [-0.2, 0) is 5.41 Å². The van der Waals surface area contributed by atoms with Gasteiger partial charge in [-0.1, -0.05) is 141 Å². The molecule has 0 bridgehead atoms. The predicted octanol–water partition coefficient (Wildman–Crippen LogP) is 13.3. The van der Waals surface area contributed by atoms with Crippen molar-refractivity contribution in [3.8, 4) is 22.3 Å². The van der Waals surface area contributed by atoms with Crippen LogP contribution in [0.25, 0.3) is 65.7 Å². The Kier molecular flexibility index (Phi) is 5.95. The van der Waals surface area contributed by atoms with Crippen molar-refractivity contribution in [2.45, 2.75) is 19.3 Å². The van der Waals surface area contributed by atoms with Crippen LogP contribution in [0.15, 0.2) is 168 Å². The van der Waals surface area contributed by atoms with Crippen LogP contribution in [0, 0.1) is 0 Å². The third-order valence-electron chi connectivity index (χ3n) is 10.6. The minimum Gasteiger partial charge on any atom is -0.453 e. The van der Waals surface area contributed by atoms with Crippen LogP contribution < -0.4 is 4.90 Å². The Bertz CT molecular complexity index is 2750. The van der Waals surface area contributed by atoms with Gasteiger partial charge in [0.2, 0.25) is 0 Å². The number of hydrogen-bond acceptors (Lipinski definition) is 2. The maximum atomic E-state index is 7.13. The number of fused-ring (bicyclic) bond motifs is 8. The quantitative estimate of drug-likeness (QED) is 0.193. The van der Waals surface area contributed by atoms with Gasteiger partial charge in [-0.2, -0.15) is 0 Å². The molecule has 1 heterocycles. The lowest BCUT2D eigenvalue weighted by molar-refractivity contribution is 0.660. The minimum atomic E-state index is -0.118. The topological polar surface area (TPSA) is 16.4 Å². The summed E-state index contributed by atoms with van der Waals surface area (Å²) in [5, 5.41) is 7.04. The van der Waals surface area contributed by atoms with Gasteiger partial charge in [-0.05, 0) is 85.8 Å². The molecule has 1 aromatic heterocycles. The highest BCUT2D eigenvalue weighted by atomic mass is 16.3. The van der Waals surface area contributed by atoms with Gasteiger partial charge in [0.1, 0.15) is 5.58 Å². The number of hydrogen-bond donors (Lipinski definition) is 0. The number of anilines is 3.